The van der Waals surface area contributed by atoms with Gasteiger partial charge in [-0.3, -0.25) is 0 Å². The van der Waals surface area contributed by atoms with E-state index in [0.717, 1.165) is 24.3 Å². The first-order valence-corrected chi connectivity index (χ1v) is 10.7. The van der Waals surface area contributed by atoms with Gasteiger partial charge in [0.25, 0.3) is 0 Å². The van der Waals surface area contributed by atoms with Crippen LogP contribution >= 0.6 is 12.2 Å². The van der Waals surface area contributed by atoms with Crippen LogP contribution in [0.2, 0.25) is 0 Å². The number of fused-ring (bicyclic) bond motifs is 1. The number of thiocarbonyl (C=S) groups is 1. The van der Waals surface area contributed by atoms with Crippen LogP contribution in [0, 0.1) is 0 Å². The molecule has 6 nitrogen and oxygen atoms in total. The van der Waals surface area contributed by atoms with E-state index in [1.807, 2.05) is 12.1 Å². The fraction of sp³-hybridized carbons (Fsp3) is 0.316. The molecule has 2 aliphatic heterocycles. The first kappa shape index (κ1) is 18.4. The maximum Gasteiger partial charge on any atom is 0.243 e. The Bertz CT molecular complexity index is 939. The van der Waals surface area contributed by atoms with Gasteiger partial charge in [0.05, 0.1) is 18.1 Å². The van der Waals surface area contributed by atoms with Gasteiger partial charge < -0.3 is 15.0 Å². The fourth-order valence-corrected chi connectivity index (χ4v) is 5.10. The summed E-state index contributed by atoms with van der Waals surface area (Å²) in [5.41, 5.74) is 3.18. The molecule has 1 N–H and O–H groups in total. The van der Waals surface area contributed by atoms with E-state index in [0.29, 0.717) is 31.4 Å². The molecule has 8 heteroatoms. The third-order valence-electron chi connectivity index (χ3n) is 4.85. The topological polar surface area (TPSA) is 61.9 Å². The molecule has 2 aliphatic rings. The lowest BCUT2D eigenvalue weighted by Gasteiger charge is -2.26. The van der Waals surface area contributed by atoms with Gasteiger partial charge in [0, 0.05) is 31.0 Å². The number of para-hydroxylation sites is 1. The number of nitrogens with zero attached hydrogens (tertiary/aromatic N) is 2. The summed E-state index contributed by atoms with van der Waals surface area (Å²) in [6.07, 6.45) is 0.967. The summed E-state index contributed by atoms with van der Waals surface area (Å²) in [5, 5.41) is 3.83. The average molecular weight is 404 g/mol. The van der Waals surface area contributed by atoms with Crippen molar-refractivity contribution in [2.24, 2.45) is 0 Å². The van der Waals surface area contributed by atoms with Crippen LogP contribution in [-0.2, 0) is 21.2 Å². The molecule has 0 aromatic heterocycles. The minimum atomic E-state index is -3.48. The Morgan fingerprint density at radius 2 is 1.70 bits per heavy atom. The van der Waals surface area contributed by atoms with Gasteiger partial charge in [0.15, 0.2) is 5.11 Å². The van der Waals surface area contributed by atoms with Crippen molar-refractivity contribution >= 4 is 38.7 Å². The molecule has 2 aromatic rings. The number of ether oxygens (including phenoxy) is 1. The highest BCUT2D eigenvalue weighted by Gasteiger charge is 2.26. The number of rotatable bonds is 3. The molecule has 0 amide bonds. The minimum absolute atomic E-state index is 0.285. The number of benzene rings is 2. The molecule has 142 valence electrons. The standard InChI is InChI=1S/C19H21N3O3S2/c23-27(24,21-11-13-25-14-12-21)17-7-5-16(6-8-17)20-19(26)22-10-9-15-3-1-2-4-18(15)22/h1-8H,9-14H2,(H,20,26). The molecule has 0 aliphatic carbocycles. The van der Waals surface area contributed by atoms with E-state index in [1.54, 1.807) is 24.3 Å². The number of sulfonamides is 1. The van der Waals surface area contributed by atoms with Gasteiger partial charge in [0.2, 0.25) is 10.0 Å². The second kappa shape index (κ2) is 7.55. The zero-order chi connectivity index (χ0) is 18.9. The predicted molar refractivity (Wildman–Crippen MR) is 110 cm³/mol. The first-order valence-electron chi connectivity index (χ1n) is 8.90. The summed E-state index contributed by atoms with van der Waals surface area (Å²) in [7, 11) is -3.48. The van der Waals surface area contributed by atoms with Crippen LogP contribution in [-0.4, -0.2) is 50.7 Å². The van der Waals surface area contributed by atoms with Gasteiger partial charge in [-0.2, -0.15) is 4.31 Å². The Labute approximate surface area is 164 Å². The van der Waals surface area contributed by atoms with E-state index in [9.17, 15) is 8.42 Å². The van der Waals surface area contributed by atoms with Crippen molar-refractivity contribution in [2.75, 3.05) is 43.1 Å². The zero-order valence-corrected chi connectivity index (χ0v) is 16.4. The molecule has 27 heavy (non-hydrogen) atoms. The van der Waals surface area contributed by atoms with Gasteiger partial charge in [0.1, 0.15) is 0 Å². The molecular weight excluding hydrogens is 382 g/mol. The molecule has 2 heterocycles. The largest absolute Gasteiger partial charge is 0.379 e. The van der Waals surface area contributed by atoms with E-state index < -0.39 is 10.0 Å². The smallest absolute Gasteiger partial charge is 0.243 e. The first-order chi connectivity index (χ1) is 13.1. The van der Waals surface area contributed by atoms with E-state index in [4.69, 9.17) is 17.0 Å². The van der Waals surface area contributed by atoms with E-state index >= 15 is 0 Å². The summed E-state index contributed by atoms with van der Waals surface area (Å²) < 4.78 is 32.1. The Morgan fingerprint density at radius 1 is 1.00 bits per heavy atom. The number of nitrogens with one attached hydrogen (secondary N) is 1. The van der Waals surface area contributed by atoms with E-state index in [2.05, 4.69) is 22.3 Å². The highest BCUT2D eigenvalue weighted by atomic mass is 32.2. The van der Waals surface area contributed by atoms with Crippen LogP contribution in [0.3, 0.4) is 0 Å². The van der Waals surface area contributed by atoms with Crippen LogP contribution < -0.4 is 10.2 Å². The molecule has 1 fully saturated rings. The van der Waals surface area contributed by atoms with E-state index in [1.165, 1.54) is 9.87 Å². The quantitative estimate of drug-likeness (QED) is 0.795. The maximum atomic E-state index is 12.7. The summed E-state index contributed by atoms with van der Waals surface area (Å²) in [6, 6.07) is 15.0. The van der Waals surface area contributed by atoms with Crippen LogP contribution in [0.1, 0.15) is 5.56 Å². The highest BCUT2D eigenvalue weighted by molar-refractivity contribution is 7.89. The lowest BCUT2D eigenvalue weighted by atomic mass is 10.2. The molecule has 0 spiro atoms. The molecule has 0 saturated carbocycles. The van der Waals surface area contributed by atoms with Gasteiger partial charge >= 0.3 is 0 Å². The summed E-state index contributed by atoms with van der Waals surface area (Å²) in [4.78, 5) is 2.36. The van der Waals surface area contributed by atoms with Crippen molar-refractivity contribution in [3.63, 3.8) is 0 Å². The lowest BCUT2D eigenvalue weighted by Crippen LogP contribution is -2.40. The fourth-order valence-electron chi connectivity index (χ4n) is 3.39. The predicted octanol–water partition coefficient (Wildman–Crippen LogP) is 2.47. The summed E-state index contributed by atoms with van der Waals surface area (Å²) in [6.45, 7) is 2.49. The van der Waals surface area contributed by atoms with Gasteiger partial charge in [-0.1, -0.05) is 18.2 Å². The van der Waals surface area contributed by atoms with Crippen molar-refractivity contribution in [3.8, 4) is 0 Å². The Kier molecular flexibility index (Phi) is 5.14. The van der Waals surface area contributed by atoms with E-state index in [-0.39, 0.29) is 4.90 Å². The normalized spacial score (nSPS) is 17.6. The van der Waals surface area contributed by atoms with Gasteiger partial charge in [-0.15, -0.1) is 0 Å². The molecule has 1 saturated heterocycles. The van der Waals surface area contributed by atoms with Crippen molar-refractivity contribution in [2.45, 2.75) is 11.3 Å². The Hall–Kier alpha value is -2.00. The number of hydrogen-bond acceptors (Lipinski definition) is 4. The summed E-state index contributed by atoms with van der Waals surface area (Å²) in [5.74, 6) is 0. The van der Waals surface area contributed by atoms with Crippen LogP contribution in [0.4, 0.5) is 11.4 Å². The summed E-state index contributed by atoms with van der Waals surface area (Å²) >= 11 is 5.56. The molecule has 4 rings (SSSR count). The lowest BCUT2D eigenvalue weighted by molar-refractivity contribution is 0.0730. The monoisotopic (exact) mass is 403 g/mol. The van der Waals surface area contributed by atoms with Crippen molar-refractivity contribution in [3.05, 3.63) is 54.1 Å². The second-order valence-electron chi connectivity index (χ2n) is 6.50. The molecule has 0 atom stereocenters. The molecule has 0 unspecified atom stereocenters. The zero-order valence-electron chi connectivity index (χ0n) is 14.8. The van der Waals surface area contributed by atoms with Crippen LogP contribution in [0.15, 0.2) is 53.4 Å². The molecular formula is C19H21N3O3S2. The molecule has 2 aromatic carbocycles. The number of anilines is 2. The average Bonchev–Trinajstić information content (AvgIpc) is 3.13. The van der Waals surface area contributed by atoms with Crippen molar-refractivity contribution < 1.29 is 13.2 Å². The third-order valence-corrected chi connectivity index (χ3v) is 7.08. The van der Waals surface area contributed by atoms with Crippen LogP contribution in [0.5, 0.6) is 0 Å². The van der Waals surface area contributed by atoms with Crippen LogP contribution in [0.25, 0.3) is 0 Å². The maximum absolute atomic E-state index is 12.7. The van der Waals surface area contributed by atoms with Crippen molar-refractivity contribution in [1.29, 1.82) is 0 Å². The minimum Gasteiger partial charge on any atom is -0.379 e. The number of morpholine rings is 1. The highest BCUT2D eigenvalue weighted by Crippen LogP contribution is 2.28. The van der Waals surface area contributed by atoms with Gasteiger partial charge in [-0.25, -0.2) is 8.42 Å². The molecule has 0 bridgehead atoms. The second-order valence-corrected chi connectivity index (χ2v) is 8.83. The Morgan fingerprint density at radius 3 is 2.44 bits per heavy atom. The SMILES string of the molecule is O=S(=O)(c1ccc(NC(=S)N2CCc3ccccc32)cc1)N1CCOCC1. The molecule has 0 radical (unpaired) electrons. The van der Waals surface area contributed by atoms with Gasteiger partial charge in [-0.05, 0) is 54.5 Å². The number of hydrogen-bond donors (Lipinski definition) is 1. The third kappa shape index (κ3) is 3.70. The Balaban J connectivity index is 1.46. The van der Waals surface area contributed by atoms with Crippen molar-refractivity contribution in [1.82, 2.24) is 4.31 Å².